The molecule has 0 bridgehead atoms. The zero-order valence-electron chi connectivity index (χ0n) is 25.5. The summed E-state index contributed by atoms with van der Waals surface area (Å²) in [7, 11) is 1.69. The third-order valence-corrected chi connectivity index (χ3v) is 8.82. The Morgan fingerprint density at radius 3 is 2.64 bits per heavy atom. The summed E-state index contributed by atoms with van der Waals surface area (Å²) in [4.78, 5) is 37.3. The van der Waals surface area contributed by atoms with Gasteiger partial charge in [-0.1, -0.05) is 6.07 Å². The lowest BCUT2D eigenvalue weighted by molar-refractivity contribution is 0.0417. The quantitative estimate of drug-likeness (QED) is 0.491. The first-order valence-corrected chi connectivity index (χ1v) is 15.0. The second-order valence-corrected chi connectivity index (χ2v) is 12.7. The number of aromatic nitrogens is 2. The lowest BCUT2D eigenvalue weighted by atomic mass is 10.0. The van der Waals surface area contributed by atoms with Gasteiger partial charge in [-0.3, -0.25) is 14.3 Å². The molecule has 0 aliphatic carbocycles. The molecule has 3 aliphatic heterocycles. The van der Waals surface area contributed by atoms with Gasteiger partial charge < -0.3 is 24.6 Å². The number of ether oxygens (including phenoxy) is 2. The third kappa shape index (κ3) is 5.22. The number of piperazine rings is 1. The van der Waals surface area contributed by atoms with Crippen LogP contribution in [0, 0.1) is 0 Å². The van der Waals surface area contributed by atoms with Crippen LogP contribution in [0.3, 0.4) is 0 Å². The Bertz CT molecular complexity index is 1550. The van der Waals surface area contributed by atoms with Gasteiger partial charge in [0.25, 0.3) is 5.56 Å². The Balaban J connectivity index is 1.23. The van der Waals surface area contributed by atoms with Gasteiger partial charge in [-0.15, -0.1) is 0 Å². The maximum Gasteiger partial charge on any atom is 0.408 e. The number of carbonyl (C=O) groups is 1. The van der Waals surface area contributed by atoms with Gasteiger partial charge in [-0.05, 0) is 70.0 Å². The van der Waals surface area contributed by atoms with E-state index in [-0.39, 0.29) is 23.7 Å². The summed E-state index contributed by atoms with van der Waals surface area (Å²) in [6.45, 7) is 14.3. The van der Waals surface area contributed by atoms with E-state index in [2.05, 4.69) is 56.2 Å². The molecule has 0 unspecified atom stereocenters. The molecule has 0 saturated carbocycles. The number of amides is 1. The predicted octanol–water partition coefficient (Wildman–Crippen LogP) is 3.91. The van der Waals surface area contributed by atoms with E-state index in [1.165, 1.54) is 11.1 Å². The van der Waals surface area contributed by atoms with Crippen molar-refractivity contribution < 1.29 is 14.3 Å². The Morgan fingerprint density at radius 2 is 1.90 bits per heavy atom. The minimum absolute atomic E-state index is 0.00955. The number of hydrogen-bond donors (Lipinski definition) is 1. The Morgan fingerprint density at radius 1 is 1.10 bits per heavy atom. The van der Waals surface area contributed by atoms with Crippen molar-refractivity contribution in [1.29, 1.82) is 0 Å². The number of rotatable bonds is 5. The van der Waals surface area contributed by atoms with Gasteiger partial charge in [0.1, 0.15) is 11.2 Å². The van der Waals surface area contributed by atoms with Crippen molar-refractivity contribution in [2.45, 2.75) is 77.5 Å². The first-order chi connectivity index (χ1) is 20.1. The molecule has 5 heterocycles. The Hall–Kier alpha value is -3.63. The number of carbonyl (C=O) groups excluding carboxylic acids is 1. The van der Waals surface area contributed by atoms with E-state index in [0.717, 1.165) is 42.0 Å². The Labute approximate surface area is 247 Å². The van der Waals surface area contributed by atoms with E-state index >= 15 is 0 Å². The molecule has 42 heavy (non-hydrogen) atoms. The van der Waals surface area contributed by atoms with Crippen LogP contribution in [0.2, 0.25) is 0 Å². The summed E-state index contributed by atoms with van der Waals surface area (Å²) in [5.74, 6) is 0. The summed E-state index contributed by atoms with van der Waals surface area (Å²) in [5.41, 5.74) is 4.95. The van der Waals surface area contributed by atoms with E-state index in [1.54, 1.807) is 23.9 Å². The molecule has 4 atom stereocenters. The Kier molecular flexibility index (Phi) is 7.39. The van der Waals surface area contributed by atoms with Gasteiger partial charge in [-0.2, -0.15) is 0 Å². The number of aryl methyl sites for hydroxylation is 1. The third-order valence-electron chi connectivity index (χ3n) is 8.82. The normalized spacial score (nSPS) is 24.1. The highest BCUT2D eigenvalue weighted by Crippen LogP contribution is 2.42. The molecular formula is C32H42N6O4. The zero-order valence-corrected chi connectivity index (χ0v) is 25.5. The van der Waals surface area contributed by atoms with Crippen LogP contribution in [0.15, 0.2) is 47.4 Å². The van der Waals surface area contributed by atoms with Gasteiger partial charge in [0, 0.05) is 75.8 Å². The van der Waals surface area contributed by atoms with Crippen LogP contribution in [0.1, 0.15) is 51.8 Å². The highest BCUT2D eigenvalue weighted by atomic mass is 16.6. The summed E-state index contributed by atoms with van der Waals surface area (Å²) >= 11 is 0. The standard InChI is InChI=1S/C32H42N6O4/c1-7-37-29(39)14-26(24-9-8-12-33-30(24)37)36-15-20(2)38-16-21-13-22(10-11-23(21)27(38)18-36)35-17-25(28(19-35)41-6)34-31(40)42-32(3,4)5/h8-14,20,25,27-28H,7,15-19H2,1-6H3,(H,34,40)/t20-,25-,27-,28-/m1/s1. The molecule has 2 saturated heterocycles. The van der Waals surface area contributed by atoms with Crippen LogP contribution in [-0.2, 0) is 22.6 Å². The first-order valence-electron chi connectivity index (χ1n) is 15.0. The maximum absolute atomic E-state index is 13.0. The summed E-state index contributed by atoms with van der Waals surface area (Å²) < 4.78 is 13.0. The molecule has 2 fully saturated rings. The maximum atomic E-state index is 13.0. The number of benzene rings is 1. The minimum atomic E-state index is -0.553. The first kappa shape index (κ1) is 28.5. The molecule has 10 nitrogen and oxygen atoms in total. The molecule has 1 aromatic carbocycles. The van der Waals surface area contributed by atoms with Gasteiger partial charge >= 0.3 is 6.09 Å². The molecule has 224 valence electrons. The van der Waals surface area contributed by atoms with Crippen molar-refractivity contribution in [2.75, 3.05) is 43.1 Å². The number of nitrogens with zero attached hydrogens (tertiary/aromatic N) is 5. The van der Waals surface area contributed by atoms with Crippen molar-refractivity contribution in [1.82, 2.24) is 19.8 Å². The molecule has 0 spiro atoms. The monoisotopic (exact) mass is 574 g/mol. The van der Waals surface area contributed by atoms with Gasteiger partial charge in [0.05, 0.1) is 23.9 Å². The van der Waals surface area contributed by atoms with Crippen LogP contribution in [0.4, 0.5) is 16.2 Å². The molecule has 10 heteroatoms. The highest BCUT2D eigenvalue weighted by Gasteiger charge is 2.40. The predicted molar refractivity (Wildman–Crippen MR) is 164 cm³/mol. The number of methoxy groups -OCH3 is 1. The number of hydrogen-bond acceptors (Lipinski definition) is 8. The molecule has 1 N–H and O–H groups in total. The van der Waals surface area contributed by atoms with Crippen molar-refractivity contribution in [3.8, 4) is 0 Å². The lowest BCUT2D eigenvalue weighted by Gasteiger charge is -2.43. The van der Waals surface area contributed by atoms with Crippen molar-refractivity contribution in [3.05, 3.63) is 64.1 Å². The SMILES string of the molecule is CCn1c(=O)cc(N2C[C@@H](C)N3Cc4cc(N5C[C@@H](NC(=O)OC(C)(C)C)[C@H](OC)C5)ccc4[C@H]3C2)c2cccnc21. The largest absolute Gasteiger partial charge is 0.444 e. The van der Waals surface area contributed by atoms with Crippen LogP contribution < -0.4 is 20.7 Å². The molecular weight excluding hydrogens is 532 g/mol. The molecule has 3 aromatic rings. The van der Waals surface area contributed by atoms with E-state index < -0.39 is 11.7 Å². The fourth-order valence-corrected chi connectivity index (χ4v) is 6.88. The average molecular weight is 575 g/mol. The van der Waals surface area contributed by atoms with Crippen molar-refractivity contribution in [3.63, 3.8) is 0 Å². The number of anilines is 2. The molecule has 6 rings (SSSR count). The highest BCUT2D eigenvalue weighted by molar-refractivity contribution is 5.89. The molecule has 2 aromatic heterocycles. The van der Waals surface area contributed by atoms with Crippen LogP contribution in [-0.4, -0.2) is 77.6 Å². The smallest absolute Gasteiger partial charge is 0.408 e. The summed E-state index contributed by atoms with van der Waals surface area (Å²) in [5, 5.41) is 4.03. The number of pyridine rings is 2. The second-order valence-electron chi connectivity index (χ2n) is 12.7. The fraction of sp³-hybridized carbons (Fsp3) is 0.531. The van der Waals surface area contributed by atoms with Crippen LogP contribution in [0.25, 0.3) is 11.0 Å². The minimum Gasteiger partial charge on any atom is -0.444 e. The summed E-state index contributed by atoms with van der Waals surface area (Å²) in [6, 6.07) is 13.0. The van der Waals surface area contributed by atoms with Crippen molar-refractivity contribution in [2.24, 2.45) is 0 Å². The van der Waals surface area contributed by atoms with Crippen molar-refractivity contribution >= 4 is 28.5 Å². The average Bonchev–Trinajstić information content (AvgIpc) is 3.52. The lowest BCUT2D eigenvalue weighted by Crippen LogP contribution is -2.51. The van der Waals surface area contributed by atoms with E-state index in [0.29, 0.717) is 25.7 Å². The van der Waals surface area contributed by atoms with E-state index in [4.69, 9.17) is 9.47 Å². The number of fused-ring (bicyclic) bond motifs is 4. The summed E-state index contributed by atoms with van der Waals surface area (Å²) in [6.07, 6.45) is 1.21. The van der Waals surface area contributed by atoms with Gasteiger partial charge in [0.15, 0.2) is 0 Å². The molecule has 3 aliphatic rings. The van der Waals surface area contributed by atoms with Crippen LogP contribution >= 0.6 is 0 Å². The number of nitrogens with one attached hydrogen (secondary N) is 1. The topological polar surface area (TPSA) is 92.2 Å². The van der Waals surface area contributed by atoms with Gasteiger partial charge in [0.2, 0.25) is 0 Å². The van der Waals surface area contributed by atoms with Crippen LogP contribution in [0.5, 0.6) is 0 Å². The van der Waals surface area contributed by atoms with E-state index in [1.807, 2.05) is 33.8 Å². The fourth-order valence-electron chi connectivity index (χ4n) is 6.88. The zero-order chi connectivity index (χ0) is 29.8. The van der Waals surface area contributed by atoms with Gasteiger partial charge in [-0.25, -0.2) is 9.78 Å². The molecule has 0 radical (unpaired) electrons. The number of alkyl carbamates (subject to hydrolysis) is 1. The molecule has 1 amide bonds. The second kappa shape index (κ2) is 10.9. The van der Waals surface area contributed by atoms with E-state index in [9.17, 15) is 9.59 Å².